The average molecular weight is 296 g/mol. The summed E-state index contributed by atoms with van der Waals surface area (Å²) in [5.41, 5.74) is -0.314. The lowest BCUT2D eigenvalue weighted by Crippen LogP contribution is -2.54. The molecule has 112 valence electrons. The van der Waals surface area contributed by atoms with E-state index in [1.165, 1.54) is 13.8 Å². The second kappa shape index (κ2) is 5.38. The number of halogens is 7. The Balaban J connectivity index is 4.82. The molecule has 0 rings (SSSR count). The van der Waals surface area contributed by atoms with Crippen molar-refractivity contribution in [3.05, 3.63) is 12.2 Å². The monoisotopic (exact) mass is 296 g/mol. The molecule has 0 aromatic carbocycles. The van der Waals surface area contributed by atoms with Gasteiger partial charge in [0.25, 0.3) is 0 Å². The summed E-state index contributed by atoms with van der Waals surface area (Å²) in [5, 5.41) is 0. The zero-order valence-electron chi connectivity index (χ0n) is 9.95. The van der Waals surface area contributed by atoms with Gasteiger partial charge in [0.05, 0.1) is 0 Å². The molecule has 0 spiro atoms. The zero-order valence-corrected chi connectivity index (χ0v) is 9.95. The van der Waals surface area contributed by atoms with Crippen LogP contribution in [0.3, 0.4) is 0 Å². The van der Waals surface area contributed by atoms with E-state index in [0.29, 0.717) is 0 Å². The van der Waals surface area contributed by atoms with Gasteiger partial charge in [0.1, 0.15) is 0 Å². The first-order valence-electron chi connectivity index (χ1n) is 4.92. The van der Waals surface area contributed by atoms with Crippen molar-refractivity contribution in [2.24, 2.45) is 5.92 Å². The third-order valence-corrected chi connectivity index (χ3v) is 2.16. The van der Waals surface area contributed by atoms with Gasteiger partial charge in [-0.15, -0.1) is 0 Å². The Morgan fingerprint density at radius 2 is 1.53 bits per heavy atom. The lowest BCUT2D eigenvalue weighted by atomic mass is 10.1. The lowest BCUT2D eigenvalue weighted by molar-refractivity contribution is -0.359. The van der Waals surface area contributed by atoms with E-state index >= 15 is 0 Å². The fraction of sp³-hybridized carbons (Fsp3) is 0.700. The van der Waals surface area contributed by atoms with Crippen molar-refractivity contribution in [2.45, 2.75) is 31.9 Å². The van der Waals surface area contributed by atoms with Crippen LogP contribution in [0.1, 0.15) is 13.8 Å². The van der Waals surface area contributed by atoms with Crippen LogP contribution in [0.4, 0.5) is 30.7 Å². The van der Waals surface area contributed by atoms with Gasteiger partial charge in [-0.1, -0.05) is 20.4 Å². The highest BCUT2D eigenvalue weighted by Gasteiger charge is 2.73. The smallest absolute Gasteiger partial charge is 0.456 e. The molecule has 0 aliphatic carbocycles. The molecule has 0 aliphatic heterocycles. The van der Waals surface area contributed by atoms with Gasteiger partial charge in [-0.05, 0) is 5.92 Å². The highest BCUT2D eigenvalue weighted by atomic mass is 19.4. The topological polar surface area (TPSA) is 26.3 Å². The summed E-state index contributed by atoms with van der Waals surface area (Å²) in [6.07, 6.45) is -6.45. The van der Waals surface area contributed by atoms with Crippen LogP contribution in [0.2, 0.25) is 0 Å². The number of carbonyl (C=O) groups is 1. The second-order valence-corrected chi connectivity index (χ2v) is 4.03. The maximum Gasteiger partial charge on any atom is 0.460 e. The Morgan fingerprint density at radius 3 is 1.84 bits per heavy atom. The zero-order chi connectivity index (χ0) is 15.6. The third-order valence-electron chi connectivity index (χ3n) is 2.16. The minimum Gasteiger partial charge on any atom is -0.456 e. The van der Waals surface area contributed by atoms with Crippen molar-refractivity contribution >= 4 is 5.97 Å². The summed E-state index contributed by atoms with van der Waals surface area (Å²) in [4.78, 5) is 11.0. The van der Waals surface area contributed by atoms with E-state index in [1.54, 1.807) is 0 Å². The lowest BCUT2D eigenvalue weighted by Gasteiger charge is -2.27. The molecule has 0 aromatic heterocycles. The molecule has 0 radical (unpaired) electrons. The predicted molar refractivity (Wildman–Crippen MR) is 50.9 cm³/mol. The van der Waals surface area contributed by atoms with E-state index in [1.807, 2.05) is 0 Å². The standard InChI is InChI=1S/C10H11F7O2/c1-5(2)6(3)7(18)19-4-8(11,12)9(13,14)10(15,16)17/h5H,3-4H2,1-2H3. The van der Waals surface area contributed by atoms with E-state index in [4.69, 9.17) is 0 Å². The summed E-state index contributed by atoms with van der Waals surface area (Å²) >= 11 is 0. The first kappa shape index (κ1) is 17.7. The van der Waals surface area contributed by atoms with Gasteiger partial charge < -0.3 is 4.74 Å². The molecule has 0 amide bonds. The quantitative estimate of drug-likeness (QED) is 0.440. The fourth-order valence-electron chi connectivity index (χ4n) is 0.783. The number of hydrogen-bond donors (Lipinski definition) is 0. The minimum atomic E-state index is -6.45. The Hall–Kier alpha value is -1.28. The van der Waals surface area contributed by atoms with Gasteiger partial charge in [0.2, 0.25) is 0 Å². The molecular formula is C10H11F7O2. The van der Waals surface area contributed by atoms with Gasteiger partial charge in [-0.2, -0.15) is 30.7 Å². The van der Waals surface area contributed by atoms with Gasteiger partial charge in [-0.25, -0.2) is 4.79 Å². The number of hydrogen-bond acceptors (Lipinski definition) is 2. The summed E-state index contributed by atoms with van der Waals surface area (Å²) in [7, 11) is 0. The minimum absolute atomic E-state index is 0.314. The molecule has 0 aliphatic rings. The summed E-state index contributed by atoms with van der Waals surface area (Å²) in [5.74, 6) is -13.8. The Bertz CT molecular complexity index is 357. The summed E-state index contributed by atoms with van der Waals surface area (Å²) < 4.78 is 89.4. The van der Waals surface area contributed by atoms with Crippen molar-refractivity contribution in [1.82, 2.24) is 0 Å². The normalized spacial score (nSPS) is 13.6. The molecule has 0 N–H and O–H groups in total. The van der Waals surface area contributed by atoms with Crippen LogP contribution < -0.4 is 0 Å². The Labute approximate surface area is 104 Å². The Kier molecular flexibility index (Phi) is 5.01. The number of ether oxygens (including phenoxy) is 1. The summed E-state index contributed by atoms with van der Waals surface area (Å²) in [6, 6.07) is 0. The highest BCUT2D eigenvalue weighted by molar-refractivity contribution is 5.88. The third kappa shape index (κ3) is 3.84. The van der Waals surface area contributed by atoms with E-state index < -0.39 is 36.5 Å². The Morgan fingerprint density at radius 1 is 1.11 bits per heavy atom. The van der Waals surface area contributed by atoms with E-state index in [9.17, 15) is 35.5 Å². The van der Waals surface area contributed by atoms with Crippen LogP contribution in [0, 0.1) is 5.92 Å². The molecule has 0 saturated carbocycles. The molecule has 9 heteroatoms. The second-order valence-electron chi connectivity index (χ2n) is 4.03. The molecule has 2 nitrogen and oxygen atoms in total. The van der Waals surface area contributed by atoms with E-state index in [0.717, 1.165) is 0 Å². The average Bonchev–Trinajstić information content (AvgIpc) is 2.22. The largest absolute Gasteiger partial charge is 0.460 e. The fourth-order valence-corrected chi connectivity index (χ4v) is 0.783. The first-order chi connectivity index (χ1) is 8.24. The van der Waals surface area contributed by atoms with Crippen LogP contribution in [-0.4, -0.2) is 30.6 Å². The first-order valence-corrected chi connectivity index (χ1v) is 4.92. The van der Waals surface area contributed by atoms with Crippen molar-refractivity contribution in [2.75, 3.05) is 6.61 Å². The molecule has 0 fully saturated rings. The number of carbonyl (C=O) groups excluding carboxylic acids is 1. The molecular weight excluding hydrogens is 285 g/mol. The molecule has 0 aromatic rings. The molecule has 0 saturated heterocycles. The van der Waals surface area contributed by atoms with Crippen LogP contribution in [0.15, 0.2) is 12.2 Å². The number of esters is 1. The van der Waals surface area contributed by atoms with Gasteiger partial charge in [0.15, 0.2) is 6.61 Å². The van der Waals surface area contributed by atoms with Crippen LogP contribution >= 0.6 is 0 Å². The van der Waals surface area contributed by atoms with Crippen molar-refractivity contribution in [3.8, 4) is 0 Å². The molecule has 0 heterocycles. The predicted octanol–water partition coefficient (Wildman–Crippen LogP) is 3.57. The van der Waals surface area contributed by atoms with Crippen molar-refractivity contribution in [1.29, 1.82) is 0 Å². The molecule has 0 unspecified atom stereocenters. The maximum absolute atomic E-state index is 12.7. The maximum atomic E-state index is 12.7. The van der Waals surface area contributed by atoms with Crippen LogP contribution in [-0.2, 0) is 9.53 Å². The van der Waals surface area contributed by atoms with Crippen LogP contribution in [0.25, 0.3) is 0 Å². The molecule has 0 bridgehead atoms. The van der Waals surface area contributed by atoms with Crippen molar-refractivity contribution in [3.63, 3.8) is 0 Å². The van der Waals surface area contributed by atoms with E-state index in [2.05, 4.69) is 11.3 Å². The van der Waals surface area contributed by atoms with Gasteiger partial charge >= 0.3 is 24.0 Å². The summed E-state index contributed by atoms with van der Waals surface area (Å²) in [6.45, 7) is 3.62. The van der Waals surface area contributed by atoms with Crippen LogP contribution in [0.5, 0.6) is 0 Å². The highest BCUT2D eigenvalue weighted by Crippen LogP contribution is 2.46. The SMILES string of the molecule is C=C(C(=O)OCC(F)(F)C(F)(F)C(F)(F)F)C(C)C. The van der Waals surface area contributed by atoms with Gasteiger partial charge in [0, 0.05) is 5.57 Å². The van der Waals surface area contributed by atoms with Crippen molar-refractivity contribution < 1.29 is 40.3 Å². The number of rotatable bonds is 5. The molecule has 0 atom stereocenters. The number of alkyl halides is 7. The molecule has 19 heavy (non-hydrogen) atoms. The van der Waals surface area contributed by atoms with Gasteiger partial charge in [-0.3, -0.25) is 0 Å². The van der Waals surface area contributed by atoms with E-state index in [-0.39, 0.29) is 5.57 Å².